The Kier molecular flexibility index (Phi) is 7.66. The van der Waals surface area contributed by atoms with Crippen LogP contribution in [0.25, 0.3) is 0 Å². The van der Waals surface area contributed by atoms with E-state index in [9.17, 15) is 9.59 Å². The fourth-order valence-corrected chi connectivity index (χ4v) is 6.57. The first-order valence-corrected chi connectivity index (χ1v) is 13.5. The van der Waals surface area contributed by atoms with Gasteiger partial charge < -0.3 is 15.3 Å². The number of hydrogen-bond acceptors (Lipinski definition) is 8. The van der Waals surface area contributed by atoms with Crippen molar-refractivity contribution < 1.29 is 14.7 Å². The fraction of sp³-hybridized carbons (Fsp3) is 0.692. The van der Waals surface area contributed by atoms with E-state index < -0.39 is 5.97 Å². The lowest BCUT2D eigenvalue weighted by Gasteiger charge is -2.50. The number of carbonyl (C=O) groups is 2. The van der Waals surface area contributed by atoms with Gasteiger partial charge in [-0.05, 0) is 61.3 Å². The number of hydrazine groups is 1. The van der Waals surface area contributed by atoms with Gasteiger partial charge >= 0.3 is 5.97 Å². The van der Waals surface area contributed by atoms with Crippen LogP contribution in [-0.4, -0.2) is 73.1 Å². The van der Waals surface area contributed by atoms with Crippen molar-refractivity contribution in [1.29, 1.82) is 0 Å². The highest BCUT2D eigenvalue weighted by atomic mass is 16.4. The molecule has 4 fully saturated rings. The van der Waals surface area contributed by atoms with E-state index >= 15 is 0 Å². The molecule has 36 heavy (non-hydrogen) atoms. The Morgan fingerprint density at radius 2 is 1.78 bits per heavy atom. The van der Waals surface area contributed by atoms with Crippen LogP contribution in [-0.2, 0) is 9.59 Å². The fourth-order valence-electron chi connectivity index (χ4n) is 6.57. The molecule has 6 unspecified atom stereocenters. The summed E-state index contributed by atoms with van der Waals surface area (Å²) < 4.78 is 0. The van der Waals surface area contributed by atoms with E-state index in [1.165, 1.54) is 6.42 Å². The molecule has 0 radical (unpaired) electrons. The zero-order chi connectivity index (χ0) is 25.2. The van der Waals surface area contributed by atoms with Gasteiger partial charge in [0.05, 0.1) is 12.1 Å². The lowest BCUT2D eigenvalue weighted by molar-refractivity contribution is -0.138. The quantitative estimate of drug-likeness (QED) is 0.343. The van der Waals surface area contributed by atoms with E-state index in [1.54, 1.807) is 0 Å². The number of piperidine rings is 2. The maximum Gasteiger partial charge on any atom is 0.303 e. The molecule has 4 saturated heterocycles. The minimum absolute atomic E-state index is 0.00743. The molecule has 198 valence electrons. The van der Waals surface area contributed by atoms with E-state index in [0.717, 1.165) is 50.4 Å². The second-order valence-electron chi connectivity index (χ2n) is 11.3. The molecule has 1 aromatic rings. The minimum Gasteiger partial charge on any atom is -0.481 e. The molecule has 1 amide bonds. The van der Waals surface area contributed by atoms with Gasteiger partial charge in [-0.1, -0.05) is 13.8 Å². The number of amides is 1. The van der Waals surface area contributed by atoms with Crippen LogP contribution in [0.15, 0.2) is 24.3 Å². The monoisotopic (exact) mass is 499 g/mol. The van der Waals surface area contributed by atoms with E-state index in [0.29, 0.717) is 18.4 Å². The zero-order valence-corrected chi connectivity index (χ0v) is 21.4. The summed E-state index contributed by atoms with van der Waals surface area (Å²) in [6.45, 7) is 9.15. The van der Waals surface area contributed by atoms with Gasteiger partial charge in [-0.15, -0.1) is 0 Å². The lowest BCUT2D eigenvalue weighted by atomic mass is 9.89. The third-order valence-corrected chi connectivity index (χ3v) is 8.23. The maximum absolute atomic E-state index is 12.8. The summed E-state index contributed by atoms with van der Waals surface area (Å²) in [4.78, 5) is 28.6. The van der Waals surface area contributed by atoms with Gasteiger partial charge in [0.1, 0.15) is 6.29 Å². The first kappa shape index (κ1) is 25.3. The van der Waals surface area contributed by atoms with E-state index in [1.807, 2.05) is 0 Å². The van der Waals surface area contributed by atoms with E-state index in [2.05, 4.69) is 74.7 Å². The van der Waals surface area contributed by atoms with Gasteiger partial charge in [0.15, 0.2) is 0 Å². The number of fused-ring (bicyclic) bond motifs is 1. The first-order valence-electron chi connectivity index (χ1n) is 13.5. The molecule has 10 heteroatoms. The number of anilines is 2. The third kappa shape index (κ3) is 5.77. The van der Waals surface area contributed by atoms with Gasteiger partial charge in [0.2, 0.25) is 5.91 Å². The van der Waals surface area contributed by atoms with Crippen LogP contribution < -0.4 is 31.7 Å². The molecule has 6 N–H and O–H groups in total. The van der Waals surface area contributed by atoms with Crippen molar-refractivity contribution in [2.24, 2.45) is 23.7 Å². The van der Waals surface area contributed by atoms with Crippen molar-refractivity contribution in [3.05, 3.63) is 24.3 Å². The number of rotatable bonds is 6. The number of nitrogens with one attached hydrogen (secondary N) is 5. The van der Waals surface area contributed by atoms with Gasteiger partial charge in [-0.3, -0.25) is 30.5 Å². The number of carboxylic acid groups (broad SMARTS) is 1. The van der Waals surface area contributed by atoms with Crippen LogP contribution in [0.5, 0.6) is 0 Å². The number of carbonyl (C=O) groups excluding carboxylic acids is 1. The molecule has 0 aromatic heterocycles. The highest BCUT2D eigenvalue weighted by molar-refractivity contribution is 5.81. The van der Waals surface area contributed by atoms with Crippen molar-refractivity contribution in [3.63, 3.8) is 0 Å². The molecular weight excluding hydrogens is 458 g/mol. The highest BCUT2D eigenvalue weighted by Gasteiger charge is 2.45. The third-order valence-electron chi connectivity index (χ3n) is 8.23. The maximum atomic E-state index is 12.8. The summed E-state index contributed by atoms with van der Waals surface area (Å²) in [7, 11) is 0. The van der Waals surface area contributed by atoms with Gasteiger partial charge in [0, 0.05) is 56.6 Å². The molecule has 4 heterocycles. The summed E-state index contributed by atoms with van der Waals surface area (Å²) in [5.41, 5.74) is 7.98. The highest BCUT2D eigenvalue weighted by Crippen LogP contribution is 2.28. The van der Waals surface area contributed by atoms with Gasteiger partial charge in [-0.25, -0.2) is 5.43 Å². The normalized spacial score (nSPS) is 34.1. The Balaban J connectivity index is 1.25. The second kappa shape index (κ2) is 10.9. The van der Waals surface area contributed by atoms with Crippen LogP contribution in [0, 0.1) is 23.7 Å². The molecule has 0 bridgehead atoms. The van der Waals surface area contributed by atoms with Crippen molar-refractivity contribution in [2.75, 3.05) is 42.9 Å². The van der Waals surface area contributed by atoms with Crippen molar-refractivity contribution in [1.82, 2.24) is 26.4 Å². The minimum atomic E-state index is -0.702. The van der Waals surface area contributed by atoms with Crippen LogP contribution in [0.4, 0.5) is 11.4 Å². The molecule has 4 aliphatic heterocycles. The lowest BCUT2D eigenvalue weighted by Crippen LogP contribution is -2.77. The summed E-state index contributed by atoms with van der Waals surface area (Å²) in [5.74, 6) is 0.616. The average Bonchev–Trinajstić information content (AvgIpc) is 2.84. The molecule has 0 saturated carbocycles. The second-order valence-corrected chi connectivity index (χ2v) is 11.3. The van der Waals surface area contributed by atoms with Gasteiger partial charge in [0.25, 0.3) is 0 Å². The number of likely N-dealkylation sites (tertiary alicyclic amines) is 1. The van der Waals surface area contributed by atoms with Crippen LogP contribution in [0.2, 0.25) is 0 Å². The summed E-state index contributed by atoms with van der Waals surface area (Å²) in [6.07, 6.45) is 3.15. The topological polar surface area (TPSA) is 121 Å². The van der Waals surface area contributed by atoms with Crippen LogP contribution >= 0.6 is 0 Å². The summed E-state index contributed by atoms with van der Waals surface area (Å²) >= 11 is 0. The van der Waals surface area contributed by atoms with Gasteiger partial charge in [-0.2, -0.15) is 0 Å². The Morgan fingerprint density at radius 1 is 1.08 bits per heavy atom. The number of nitrogens with zero attached hydrogens (tertiary/aromatic N) is 2. The molecule has 5 rings (SSSR count). The Bertz CT molecular complexity index is 911. The van der Waals surface area contributed by atoms with Crippen LogP contribution in [0.1, 0.15) is 39.5 Å². The van der Waals surface area contributed by atoms with E-state index in [4.69, 9.17) is 5.11 Å². The number of hydrogen-bond donors (Lipinski definition) is 6. The van der Waals surface area contributed by atoms with Crippen molar-refractivity contribution >= 4 is 23.3 Å². The Labute approximate surface area is 213 Å². The number of carboxylic acids is 1. The average molecular weight is 500 g/mol. The number of aliphatic carboxylic acids is 1. The number of benzene rings is 1. The van der Waals surface area contributed by atoms with E-state index in [-0.39, 0.29) is 42.7 Å². The predicted octanol–water partition coefficient (Wildman–Crippen LogP) is 1.19. The molecule has 0 aliphatic carbocycles. The zero-order valence-electron chi connectivity index (χ0n) is 21.4. The smallest absolute Gasteiger partial charge is 0.303 e. The standard InChI is InChI=1S/C26H41N7O3/c1-16-11-17(2)15-33(14-16)26-29-21-13-27-31-25(36)23(21)24(30-26)28-19-3-5-20(6-4-19)32-9-7-18(8-10-32)12-22(34)35/h3-6,16-18,21,23-24,26-30H,7-15H2,1-2H3,(H,31,36)(H,34,35). The molecule has 10 nitrogen and oxygen atoms in total. The van der Waals surface area contributed by atoms with Crippen molar-refractivity contribution in [2.45, 2.75) is 58.0 Å². The molecule has 6 atom stereocenters. The Hall–Kier alpha value is -2.40. The summed E-state index contributed by atoms with van der Waals surface area (Å²) in [6, 6.07) is 8.42. The molecule has 0 spiro atoms. The summed E-state index contributed by atoms with van der Waals surface area (Å²) in [5, 5.41) is 20.1. The molecule has 1 aromatic carbocycles. The predicted molar refractivity (Wildman–Crippen MR) is 139 cm³/mol. The SMILES string of the molecule is CC1CC(C)CN(C2NC3CNNC(=O)C3C(Nc3ccc(N4CCC(CC(=O)O)CC4)cc3)N2)C1. The largest absolute Gasteiger partial charge is 0.481 e. The van der Waals surface area contributed by atoms with Crippen LogP contribution in [0.3, 0.4) is 0 Å². The molecular formula is C26H41N7O3. The van der Waals surface area contributed by atoms with Crippen molar-refractivity contribution in [3.8, 4) is 0 Å². The Morgan fingerprint density at radius 3 is 2.44 bits per heavy atom. The first-order chi connectivity index (χ1) is 17.4. The molecule has 4 aliphatic rings.